The van der Waals surface area contributed by atoms with Gasteiger partial charge in [-0.1, -0.05) is 0 Å². The molecule has 4 heterocycles. The highest BCUT2D eigenvalue weighted by Gasteiger charge is 2.17. The number of hydrogen-bond acceptors (Lipinski definition) is 4. The summed E-state index contributed by atoms with van der Waals surface area (Å²) in [6.45, 7) is 6.73. The van der Waals surface area contributed by atoms with E-state index in [9.17, 15) is 0 Å². The van der Waals surface area contributed by atoms with Gasteiger partial charge in [0.1, 0.15) is 11.3 Å². The molecule has 0 aromatic carbocycles. The minimum absolute atomic E-state index is 0.457. The average molecular weight is 344 g/mol. The van der Waals surface area contributed by atoms with Crippen molar-refractivity contribution >= 4 is 11.0 Å². The zero-order chi connectivity index (χ0) is 18.3. The maximum absolute atomic E-state index is 8.72. The lowest BCUT2D eigenvalue weighted by molar-refractivity contribution is 0.720. The van der Waals surface area contributed by atoms with Gasteiger partial charge in [0, 0.05) is 24.3 Å². The normalized spacial score (nSPS) is 11.2. The lowest BCUT2D eigenvalue weighted by Crippen LogP contribution is -2.21. The first-order valence-electron chi connectivity index (χ1n) is 8.50. The molecule has 0 amide bonds. The third-order valence-corrected chi connectivity index (χ3v) is 4.76. The van der Waals surface area contributed by atoms with Crippen molar-refractivity contribution in [3.05, 3.63) is 77.1 Å². The Bertz CT molecular complexity index is 1150. The predicted octanol–water partition coefficient (Wildman–Crippen LogP) is 3.07. The molecule has 0 unspecified atom stereocenters. The topological polar surface area (TPSA) is 72.4 Å². The highest BCUT2D eigenvalue weighted by Crippen LogP contribution is 2.24. The number of hydrogen-bond donors (Lipinski definition) is 1. The third-order valence-electron chi connectivity index (χ3n) is 4.76. The molecule has 0 aliphatic heterocycles. The van der Waals surface area contributed by atoms with Crippen LogP contribution in [-0.4, -0.2) is 24.1 Å². The number of pyridine rings is 2. The maximum Gasteiger partial charge on any atom is 0.151 e. The molecule has 0 bridgehead atoms. The largest absolute Gasteiger partial charge is 0.312 e. The molecular formula is C20H20N6. The molecule has 26 heavy (non-hydrogen) atoms. The highest BCUT2D eigenvalue weighted by atomic mass is 15.1. The van der Waals surface area contributed by atoms with Crippen LogP contribution in [0, 0.1) is 26.2 Å². The molecule has 0 spiro atoms. The minimum Gasteiger partial charge on any atom is -0.312 e. The Balaban J connectivity index is 1.91. The minimum atomic E-state index is 0.457. The summed E-state index contributed by atoms with van der Waals surface area (Å²) in [6, 6.07) is 7.92. The fraction of sp³-hybridized carbons (Fsp3) is 0.200. The van der Waals surface area contributed by atoms with Gasteiger partial charge in [-0.2, -0.15) is 0 Å². The van der Waals surface area contributed by atoms with Crippen LogP contribution in [0.3, 0.4) is 0 Å². The van der Waals surface area contributed by atoms with Crippen LogP contribution in [0.2, 0.25) is 0 Å². The van der Waals surface area contributed by atoms with Gasteiger partial charge >= 0.3 is 0 Å². The van der Waals surface area contributed by atoms with Gasteiger partial charge in [0.25, 0.3) is 0 Å². The standard InChI is InChI=1S/C20H20N6/c1-13-4-9-23-17(10-13)26-15(3)14(2)18-19(21)25(12-24-20(18)26)11-16-5-7-22-8-6-16/h4-10,12,21H,11H2,1-3H3. The van der Waals surface area contributed by atoms with Gasteiger partial charge in [-0.3, -0.25) is 15.0 Å². The lowest BCUT2D eigenvalue weighted by atomic mass is 10.2. The van der Waals surface area contributed by atoms with E-state index in [4.69, 9.17) is 5.41 Å². The quantitative estimate of drug-likeness (QED) is 0.621. The molecule has 4 aromatic heterocycles. The average Bonchev–Trinajstić information content (AvgIpc) is 2.90. The number of fused-ring (bicyclic) bond motifs is 1. The summed E-state index contributed by atoms with van der Waals surface area (Å²) in [7, 11) is 0. The molecule has 4 rings (SSSR count). The van der Waals surface area contributed by atoms with Crippen molar-refractivity contribution < 1.29 is 0 Å². The lowest BCUT2D eigenvalue weighted by Gasteiger charge is -2.09. The summed E-state index contributed by atoms with van der Waals surface area (Å²) in [5, 5.41) is 9.58. The summed E-state index contributed by atoms with van der Waals surface area (Å²) >= 11 is 0. The van der Waals surface area contributed by atoms with E-state index in [-0.39, 0.29) is 0 Å². The van der Waals surface area contributed by atoms with E-state index in [0.29, 0.717) is 12.0 Å². The van der Waals surface area contributed by atoms with Crippen LogP contribution in [0.15, 0.2) is 49.2 Å². The number of nitrogens with one attached hydrogen (secondary N) is 1. The summed E-state index contributed by atoms with van der Waals surface area (Å²) in [5.74, 6) is 0.833. The number of aryl methyl sites for hydroxylation is 2. The van der Waals surface area contributed by atoms with Crippen molar-refractivity contribution in [3.8, 4) is 5.82 Å². The smallest absolute Gasteiger partial charge is 0.151 e. The molecule has 0 fully saturated rings. The van der Waals surface area contributed by atoms with Crippen LogP contribution < -0.4 is 5.49 Å². The second-order valence-corrected chi connectivity index (χ2v) is 6.51. The van der Waals surface area contributed by atoms with E-state index in [1.807, 2.05) is 54.2 Å². The Hall–Kier alpha value is -3.28. The molecule has 0 saturated heterocycles. The Labute approximate surface area is 151 Å². The predicted molar refractivity (Wildman–Crippen MR) is 100 cm³/mol. The van der Waals surface area contributed by atoms with Crippen LogP contribution in [0.5, 0.6) is 0 Å². The van der Waals surface area contributed by atoms with Crippen LogP contribution in [0.1, 0.15) is 22.4 Å². The van der Waals surface area contributed by atoms with Gasteiger partial charge in [0.2, 0.25) is 0 Å². The van der Waals surface area contributed by atoms with Gasteiger partial charge in [-0.25, -0.2) is 9.97 Å². The van der Waals surface area contributed by atoms with Crippen molar-refractivity contribution in [2.24, 2.45) is 0 Å². The fourth-order valence-electron chi connectivity index (χ4n) is 3.25. The molecular weight excluding hydrogens is 324 g/mol. The molecule has 0 aliphatic carbocycles. The van der Waals surface area contributed by atoms with E-state index in [1.54, 1.807) is 24.9 Å². The molecule has 4 aromatic rings. The Morgan fingerprint density at radius 1 is 1.00 bits per heavy atom. The second-order valence-electron chi connectivity index (χ2n) is 6.51. The summed E-state index contributed by atoms with van der Waals surface area (Å²) < 4.78 is 3.89. The van der Waals surface area contributed by atoms with E-state index < -0.39 is 0 Å². The molecule has 6 heteroatoms. The van der Waals surface area contributed by atoms with Crippen molar-refractivity contribution in [1.82, 2.24) is 24.1 Å². The molecule has 0 aliphatic rings. The second kappa shape index (κ2) is 6.22. The Morgan fingerprint density at radius 2 is 1.77 bits per heavy atom. The Morgan fingerprint density at radius 3 is 2.50 bits per heavy atom. The first kappa shape index (κ1) is 16.2. The highest BCUT2D eigenvalue weighted by molar-refractivity contribution is 5.82. The number of aromatic nitrogens is 5. The van der Waals surface area contributed by atoms with Crippen LogP contribution in [0.25, 0.3) is 16.9 Å². The summed E-state index contributed by atoms with van der Waals surface area (Å²) in [6.07, 6.45) is 7.07. The molecule has 130 valence electrons. The Kier molecular flexibility index (Phi) is 3.88. The molecule has 0 radical (unpaired) electrons. The first-order chi connectivity index (χ1) is 12.6. The van der Waals surface area contributed by atoms with Crippen molar-refractivity contribution in [2.45, 2.75) is 27.3 Å². The van der Waals surface area contributed by atoms with Crippen LogP contribution in [0.4, 0.5) is 0 Å². The maximum atomic E-state index is 8.72. The monoisotopic (exact) mass is 344 g/mol. The summed E-state index contributed by atoms with van der Waals surface area (Å²) in [5.41, 5.74) is 5.58. The van der Waals surface area contributed by atoms with E-state index in [2.05, 4.69) is 15.0 Å². The van der Waals surface area contributed by atoms with Crippen LogP contribution in [-0.2, 0) is 6.54 Å². The van der Waals surface area contributed by atoms with Crippen molar-refractivity contribution in [1.29, 1.82) is 5.41 Å². The molecule has 0 saturated carbocycles. The zero-order valence-electron chi connectivity index (χ0n) is 15.1. The summed E-state index contributed by atoms with van der Waals surface area (Å²) in [4.78, 5) is 13.2. The zero-order valence-corrected chi connectivity index (χ0v) is 15.1. The number of nitrogens with zero attached hydrogens (tertiary/aromatic N) is 5. The van der Waals surface area contributed by atoms with Crippen molar-refractivity contribution in [2.75, 3.05) is 0 Å². The van der Waals surface area contributed by atoms with E-state index in [1.165, 1.54) is 0 Å². The SMILES string of the molecule is Cc1ccnc(-n2c(C)c(C)c3c(=N)n(Cc4ccncc4)cnc32)c1. The third kappa shape index (κ3) is 2.60. The molecule has 6 nitrogen and oxygen atoms in total. The van der Waals surface area contributed by atoms with Gasteiger partial charge in [0.15, 0.2) is 5.65 Å². The van der Waals surface area contributed by atoms with Crippen LogP contribution >= 0.6 is 0 Å². The van der Waals surface area contributed by atoms with Gasteiger partial charge in [0.05, 0.1) is 18.3 Å². The van der Waals surface area contributed by atoms with Gasteiger partial charge in [-0.05, 0) is 61.7 Å². The van der Waals surface area contributed by atoms with Gasteiger partial charge < -0.3 is 4.57 Å². The first-order valence-corrected chi connectivity index (χ1v) is 8.50. The van der Waals surface area contributed by atoms with Gasteiger partial charge in [-0.15, -0.1) is 0 Å². The molecule has 0 atom stereocenters. The van der Waals surface area contributed by atoms with E-state index in [0.717, 1.165) is 39.2 Å². The van der Waals surface area contributed by atoms with E-state index >= 15 is 0 Å². The molecule has 1 N–H and O–H groups in total. The fourth-order valence-corrected chi connectivity index (χ4v) is 3.25. The number of rotatable bonds is 3. The van der Waals surface area contributed by atoms with Crippen molar-refractivity contribution in [3.63, 3.8) is 0 Å².